The SMILES string of the molecule is CC(NC(=O)CSc1nnc(N)s1)c1ccccc1-n1cccn1. The molecule has 1 unspecified atom stereocenters. The number of benzene rings is 1. The fourth-order valence-corrected chi connectivity index (χ4v) is 3.69. The van der Waals surface area contributed by atoms with Crippen molar-refractivity contribution in [3.05, 3.63) is 48.3 Å². The molecule has 1 amide bonds. The van der Waals surface area contributed by atoms with Crippen molar-refractivity contribution in [1.29, 1.82) is 0 Å². The number of anilines is 1. The van der Waals surface area contributed by atoms with E-state index in [-0.39, 0.29) is 17.7 Å². The lowest BCUT2D eigenvalue weighted by molar-refractivity contribution is -0.119. The van der Waals surface area contributed by atoms with Crippen LogP contribution in [0.3, 0.4) is 0 Å². The van der Waals surface area contributed by atoms with Crippen LogP contribution in [-0.4, -0.2) is 31.6 Å². The molecule has 0 saturated carbocycles. The van der Waals surface area contributed by atoms with Gasteiger partial charge in [-0.3, -0.25) is 4.79 Å². The Kier molecular flexibility index (Phi) is 5.11. The van der Waals surface area contributed by atoms with Crippen LogP contribution in [0.4, 0.5) is 5.13 Å². The summed E-state index contributed by atoms with van der Waals surface area (Å²) in [6.07, 6.45) is 3.60. The highest BCUT2D eigenvalue weighted by Crippen LogP contribution is 2.24. The van der Waals surface area contributed by atoms with Crippen LogP contribution in [0, 0.1) is 0 Å². The van der Waals surface area contributed by atoms with Crippen molar-refractivity contribution in [3.8, 4) is 5.69 Å². The van der Waals surface area contributed by atoms with Gasteiger partial charge >= 0.3 is 0 Å². The van der Waals surface area contributed by atoms with Crippen LogP contribution in [0.1, 0.15) is 18.5 Å². The number of hydrogen-bond donors (Lipinski definition) is 2. The molecule has 0 aliphatic rings. The zero-order valence-corrected chi connectivity index (χ0v) is 14.5. The standard InChI is InChI=1S/C15H16N6OS2/c1-10(18-13(22)9-23-15-20-19-14(16)24-15)11-5-2-3-6-12(11)21-8-4-7-17-21/h2-8,10H,9H2,1H3,(H2,16,19)(H,18,22). The third-order valence-corrected chi connectivity index (χ3v) is 5.17. The van der Waals surface area contributed by atoms with E-state index >= 15 is 0 Å². The molecule has 3 rings (SSSR count). The Hall–Kier alpha value is -2.39. The lowest BCUT2D eigenvalue weighted by Crippen LogP contribution is -2.28. The number of aromatic nitrogens is 4. The highest BCUT2D eigenvalue weighted by molar-refractivity contribution is 8.01. The predicted molar refractivity (Wildman–Crippen MR) is 95.2 cm³/mol. The maximum absolute atomic E-state index is 12.2. The highest BCUT2D eigenvalue weighted by atomic mass is 32.2. The second-order valence-corrected chi connectivity index (χ2v) is 7.23. The Morgan fingerprint density at radius 1 is 1.38 bits per heavy atom. The monoisotopic (exact) mass is 360 g/mol. The molecular formula is C15H16N6OS2. The minimum absolute atomic E-state index is 0.0726. The Bertz CT molecular complexity index is 817. The molecule has 24 heavy (non-hydrogen) atoms. The molecule has 2 heterocycles. The minimum atomic E-state index is -0.141. The second-order valence-electron chi connectivity index (χ2n) is 4.99. The van der Waals surface area contributed by atoms with Crippen LogP contribution in [0.2, 0.25) is 0 Å². The van der Waals surface area contributed by atoms with Gasteiger partial charge in [-0.15, -0.1) is 10.2 Å². The first-order valence-electron chi connectivity index (χ1n) is 7.23. The van der Waals surface area contributed by atoms with E-state index in [1.807, 2.05) is 43.5 Å². The number of nitrogens with one attached hydrogen (secondary N) is 1. The van der Waals surface area contributed by atoms with Crippen molar-refractivity contribution in [1.82, 2.24) is 25.3 Å². The lowest BCUT2D eigenvalue weighted by Gasteiger charge is -2.17. The van der Waals surface area contributed by atoms with Crippen LogP contribution in [-0.2, 0) is 4.79 Å². The van der Waals surface area contributed by atoms with Gasteiger partial charge in [-0.2, -0.15) is 5.10 Å². The first-order valence-corrected chi connectivity index (χ1v) is 9.04. The summed E-state index contributed by atoms with van der Waals surface area (Å²) in [4.78, 5) is 12.2. The molecule has 0 radical (unpaired) electrons. The van der Waals surface area contributed by atoms with E-state index in [4.69, 9.17) is 5.73 Å². The van der Waals surface area contributed by atoms with E-state index in [9.17, 15) is 4.79 Å². The molecule has 1 aromatic carbocycles. The molecule has 7 nitrogen and oxygen atoms in total. The average Bonchev–Trinajstić information content (AvgIpc) is 3.24. The van der Waals surface area contributed by atoms with Crippen LogP contribution >= 0.6 is 23.1 Å². The molecule has 0 bridgehead atoms. The summed E-state index contributed by atoms with van der Waals surface area (Å²) < 4.78 is 2.48. The summed E-state index contributed by atoms with van der Waals surface area (Å²) in [5.74, 6) is 0.194. The van der Waals surface area contributed by atoms with Crippen molar-refractivity contribution in [3.63, 3.8) is 0 Å². The Labute approximate surface area is 147 Å². The van der Waals surface area contributed by atoms with E-state index in [1.54, 1.807) is 10.9 Å². The first kappa shape index (κ1) is 16.5. The number of rotatable bonds is 6. The van der Waals surface area contributed by atoms with Gasteiger partial charge in [-0.1, -0.05) is 41.3 Å². The van der Waals surface area contributed by atoms with Crippen LogP contribution in [0.25, 0.3) is 5.69 Å². The minimum Gasteiger partial charge on any atom is -0.374 e. The van der Waals surface area contributed by atoms with Crippen LogP contribution in [0.15, 0.2) is 47.1 Å². The van der Waals surface area contributed by atoms with Crippen molar-refractivity contribution in [2.75, 3.05) is 11.5 Å². The predicted octanol–water partition coefficient (Wildman–Crippen LogP) is 2.28. The summed E-state index contributed by atoms with van der Waals surface area (Å²) in [7, 11) is 0. The first-order chi connectivity index (χ1) is 11.6. The average molecular weight is 360 g/mol. The number of para-hydroxylation sites is 1. The fraction of sp³-hybridized carbons (Fsp3) is 0.200. The number of hydrogen-bond acceptors (Lipinski definition) is 7. The quantitative estimate of drug-likeness (QED) is 0.654. The maximum atomic E-state index is 12.2. The summed E-state index contributed by atoms with van der Waals surface area (Å²) in [5.41, 5.74) is 7.47. The van der Waals surface area contributed by atoms with Gasteiger partial charge in [0.25, 0.3) is 0 Å². The van der Waals surface area contributed by atoms with Crippen molar-refractivity contribution in [2.45, 2.75) is 17.3 Å². The van der Waals surface area contributed by atoms with Gasteiger partial charge in [0.15, 0.2) is 4.34 Å². The maximum Gasteiger partial charge on any atom is 0.230 e. The third kappa shape index (κ3) is 3.92. The van der Waals surface area contributed by atoms with E-state index in [2.05, 4.69) is 20.6 Å². The van der Waals surface area contributed by atoms with Crippen molar-refractivity contribution in [2.24, 2.45) is 0 Å². The van der Waals surface area contributed by atoms with Gasteiger partial charge in [0.1, 0.15) is 0 Å². The molecule has 1 atom stereocenters. The topological polar surface area (TPSA) is 98.7 Å². The highest BCUT2D eigenvalue weighted by Gasteiger charge is 2.15. The number of carbonyl (C=O) groups is 1. The zero-order chi connectivity index (χ0) is 16.9. The van der Waals surface area contributed by atoms with Gasteiger partial charge in [0.05, 0.1) is 17.5 Å². The Morgan fingerprint density at radius 3 is 2.92 bits per heavy atom. The van der Waals surface area contributed by atoms with E-state index in [1.165, 1.54) is 23.1 Å². The second kappa shape index (κ2) is 7.45. The van der Waals surface area contributed by atoms with Crippen LogP contribution in [0.5, 0.6) is 0 Å². The molecule has 2 aromatic heterocycles. The normalized spacial score (nSPS) is 12.0. The van der Waals surface area contributed by atoms with Crippen molar-refractivity contribution >= 4 is 34.1 Å². The van der Waals surface area contributed by atoms with Gasteiger partial charge < -0.3 is 11.1 Å². The molecular weight excluding hydrogens is 344 g/mol. The van der Waals surface area contributed by atoms with Gasteiger partial charge in [-0.25, -0.2) is 4.68 Å². The Balaban J connectivity index is 1.64. The summed E-state index contributed by atoms with van der Waals surface area (Å²) in [6.45, 7) is 1.95. The van der Waals surface area contributed by atoms with Crippen molar-refractivity contribution < 1.29 is 4.79 Å². The summed E-state index contributed by atoms with van der Waals surface area (Å²) in [5, 5.41) is 15.3. The van der Waals surface area contributed by atoms with Crippen LogP contribution < -0.4 is 11.1 Å². The molecule has 0 saturated heterocycles. The number of nitrogen functional groups attached to an aromatic ring is 1. The smallest absolute Gasteiger partial charge is 0.230 e. The fourth-order valence-electron chi connectivity index (χ4n) is 2.24. The molecule has 0 fully saturated rings. The van der Waals surface area contributed by atoms with E-state index in [0.717, 1.165) is 11.3 Å². The van der Waals surface area contributed by atoms with Gasteiger partial charge in [-0.05, 0) is 24.6 Å². The molecule has 3 N–H and O–H groups in total. The van der Waals surface area contributed by atoms with Gasteiger partial charge in [0, 0.05) is 12.4 Å². The largest absolute Gasteiger partial charge is 0.374 e. The summed E-state index contributed by atoms with van der Waals surface area (Å²) >= 11 is 2.60. The number of carbonyl (C=O) groups excluding carboxylic acids is 1. The lowest BCUT2D eigenvalue weighted by atomic mass is 10.1. The zero-order valence-electron chi connectivity index (χ0n) is 12.9. The number of nitrogens with zero attached hydrogens (tertiary/aromatic N) is 4. The number of nitrogens with two attached hydrogens (primary N) is 1. The molecule has 124 valence electrons. The molecule has 0 spiro atoms. The summed E-state index contributed by atoms with van der Waals surface area (Å²) in [6, 6.07) is 9.58. The number of amides is 1. The van der Waals surface area contributed by atoms with Gasteiger partial charge in [0.2, 0.25) is 11.0 Å². The van der Waals surface area contributed by atoms with E-state index < -0.39 is 0 Å². The van der Waals surface area contributed by atoms with E-state index in [0.29, 0.717) is 9.47 Å². The Morgan fingerprint density at radius 2 is 2.21 bits per heavy atom. The third-order valence-electron chi connectivity index (χ3n) is 3.28. The molecule has 0 aliphatic carbocycles. The molecule has 9 heteroatoms. The molecule has 3 aromatic rings. The molecule has 0 aliphatic heterocycles. The number of thioether (sulfide) groups is 1.